The molecular weight excluding hydrogens is 534 g/mol. The van der Waals surface area contributed by atoms with Crippen molar-refractivity contribution in [3.63, 3.8) is 0 Å². The molecule has 7 nitrogen and oxygen atoms in total. The van der Waals surface area contributed by atoms with Gasteiger partial charge in [-0.1, -0.05) is 67.8 Å². The zero-order valence-electron chi connectivity index (χ0n) is 22.7. The van der Waals surface area contributed by atoms with Crippen LogP contribution in [-0.4, -0.2) is 80.9 Å². The van der Waals surface area contributed by atoms with Crippen LogP contribution in [0.4, 0.5) is 5.69 Å². The first-order valence-electron chi connectivity index (χ1n) is 14.1. The van der Waals surface area contributed by atoms with Crippen molar-refractivity contribution < 1.29 is 19.5 Å². The number of likely N-dealkylation sites (tertiary alicyclic amines) is 1. The van der Waals surface area contributed by atoms with E-state index in [1.807, 2.05) is 29.2 Å². The quantitative estimate of drug-likeness (QED) is 0.353. The van der Waals surface area contributed by atoms with Crippen molar-refractivity contribution >= 4 is 46.8 Å². The largest absolute Gasteiger partial charge is 0.396 e. The summed E-state index contributed by atoms with van der Waals surface area (Å²) in [7, 11) is 0. The summed E-state index contributed by atoms with van der Waals surface area (Å²) in [4.78, 5) is 48.3. The van der Waals surface area contributed by atoms with E-state index in [2.05, 4.69) is 32.1 Å². The molecule has 0 aliphatic carbocycles. The highest BCUT2D eigenvalue weighted by Gasteiger charge is 2.73. The van der Waals surface area contributed by atoms with Crippen molar-refractivity contribution in [2.75, 3.05) is 37.7 Å². The van der Waals surface area contributed by atoms with Gasteiger partial charge in [0, 0.05) is 37.5 Å². The van der Waals surface area contributed by atoms with Crippen LogP contribution in [-0.2, 0) is 14.4 Å². The SMILES string of the molecule is CCCN1CC=C[C@@]2(C)S[C@]34C=CCN(c5ccccc5Cl)C(=O)C3N(CCCCCCO)C(=O)[C@@H]4[C@H]2C1=O. The Bertz CT molecular complexity index is 1190. The number of anilines is 1. The smallest absolute Gasteiger partial charge is 0.251 e. The molecule has 5 atom stereocenters. The second-order valence-electron chi connectivity index (χ2n) is 11.2. The van der Waals surface area contributed by atoms with Gasteiger partial charge in [0.2, 0.25) is 11.8 Å². The number of hydrogen-bond acceptors (Lipinski definition) is 5. The lowest BCUT2D eigenvalue weighted by Gasteiger charge is -2.37. The number of benzene rings is 1. The minimum Gasteiger partial charge on any atom is -0.396 e. The van der Waals surface area contributed by atoms with Crippen molar-refractivity contribution in [1.29, 1.82) is 0 Å². The summed E-state index contributed by atoms with van der Waals surface area (Å²) >= 11 is 8.16. The lowest BCUT2D eigenvalue weighted by molar-refractivity contribution is -0.143. The molecule has 2 fully saturated rings. The molecule has 1 N–H and O–H groups in total. The van der Waals surface area contributed by atoms with Crippen LogP contribution in [0.3, 0.4) is 0 Å². The summed E-state index contributed by atoms with van der Waals surface area (Å²) in [5.41, 5.74) is 0.623. The molecule has 2 saturated heterocycles. The summed E-state index contributed by atoms with van der Waals surface area (Å²) in [5, 5.41) is 9.65. The minimum atomic E-state index is -0.857. The predicted octanol–water partition coefficient (Wildman–Crippen LogP) is 4.29. The number of unbranched alkanes of at least 4 members (excludes halogenated alkanes) is 3. The number of rotatable bonds is 9. The predicted molar refractivity (Wildman–Crippen MR) is 156 cm³/mol. The van der Waals surface area contributed by atoms with Crippen LogP contribution in [0.25, 0.3) is 0 Å². The third-order valence-corrected chi connectivity index (χ3v) is 10.7. The van der Waals surface area contributed by atoms with E-state index >= 15 is 0 Å². The third kappa shape index (κ3) is 4.72. The minimum absolute atomic E-state index is 0.00340. The first kappa shape index (κ1) is 28.2. The number of para-hydroxylation sites is 1. The van der Waals surface area contributed by atoms with Gasteiger partial charge in [0.1, 0.15) is 6.04 Å². The van der Waals surface area contributed by atoms with E-state index in [0.717, 1.165) is 32.1 Å². The van der Waals surface area contributed by atoms with Gasteiger partial charge < -0.3 is 19.8 Å². The molecule has 1 aromatic carbocycles. The second kappa shape index (κ2) is 11.3. The molecule has 210 valence electrons. The number of carbonyl (C=O) groups excluding carboxylic acids is 3. The number of amides is 3. The van der Waals surface area contributed by atoms with E-state index in [-0.39, 0.29) is 24.3 Å². The Morgan fingerprint density at radius 3 is 2.44 bits per heavy atom. The summed E-state index contributed by atoms with van der Waals surface area (Å²) < 4.78 is -1.46. The van der Waals surface area contributed by atoms with Crippen LogP contribution in [0.1, 0.15) is 46.0 Å². The average Bonchev–Trinajstić information content (AvgIpc) is 3.18. The fraction of sp³-hybridized carbons (Fsp3) is 0.567. The van der Waals surface area contributed by atoms with Crippen LogP contribution in [0.15, 0.2) is 48.6 Å². The molecular formula is C30H38ClN3O4S. The molecule has 4 heterocycles. The van der Waals surface area contributed by atoms with Gasteiger partial charge in [0.15, 0.2) is 0 Å². The molecule has 9 heteroatoms. The molecule has 0 bridgehead atoms. The van der Waals surface area contributed by atoms with Crippen LogP contribution in [0.2, 0.25) is 5.02 Å². The molecule has 1 unspecified atom stereocenters. The zero-order chi connectivity index (χ0) is 27.8. The van der Waals surface area contributed by atoms with E-state index in [4.69, 9.17) is 11.6 Å². The summed E-state index contributed by atoms with van der Waals surface area (Å²) in [6.45, 7) is 6.22. The standard InChI is InChI=1S/C30H38ClN3O4S/c1-3-16-32-17-10-14-29(2)23(26(32)36)24-27(37)34(18-8-4-5-9-20-35)25-28(38)33(19-11-15-30(24,25)39-29)22-13-7-6-12-21(22)31/h6-7,10-15,23-25,35H,3-5,8-9,16-20H2,1-2H3/t23-,24-,25?,29+,30-/m0/s1. The Labute approximate surface area is 240 Å². The number of carbonyl (C=O) groups is 3. The highest BCUT2D eigenvalue weighted by molar-refractivity contribution is 8.02. The summed E-state index contributed by atoms with van der Waals surface area (Å²) in [5.74, 6) is -1.44. The van der Waals surface area contributed by atoms with E-state index in [1.165, 1.54) is 0 Å². The van der Waals surface area contributed by atoms with Gasteiger partial charge in [-0.15, -0.1) is 11.8 Å². The Hall–Kier alpha value is -2.29. The molecule has 3 amide bonds. The maximum atomic E-state index is 14.5. The van der Waals surface area contributed by atoms with Crippen LogP contribution >= 0.6 is 23.4 Å². The molecule has 0 radical (unpaired) electrons. The Morgan fingerprint density at radius 1 is 0.949 bits per heavy atom. The van der Waals surface area contributed by atoms with Gasteiger partial charge >= 0.3 is 0 Å². The number of aliphatic hydroxyl groups is 1. The van der Waals surface area contributed by atoms with Gasteiger partial charge in [0.25, 0.3) is 5.91 Å². The number of fused-ring (bicyclic) bond motifs is 2. The van der Waals surface area contributed by atoms with Crippen molar-refractivity contribution in [2.45, 2.75) is 61.5 Å². The topological polar surface area (TPSA) is 81.2 Å². The number of thioether (sulfide) groups is 1. The third-order valence-electron chi connectivity index (χ3n) is 8.58. The number of aliphatic hydroxyl groups excluding tert-OH is 1. The van der Waals surface area contributed by atoms with Gasteiger partial charge in [-0.2, -0.15) is 0 Å². The van der Waals surface area contributed by atoms with Crippen LogP contribution in [0, 0.1) is 11.8 Å². The van der Waals surface area contributed by atoms with Crippen molar-refractivity contribution in [1.82, 2.24) is 9.80 Å². The number of halogens is 1. The van der Waals surface area contributed by atoms with Crippen LogP contribution in [0.5, 0.6) is 0 Å². The van der Waals surface area contributed by atoms with Gasteiger partial charge in [-0.05, 0) is 38.3 Å². The fourth-order valence-corrected chi connectivity index (χ4v) is 9.31. The van der Waals surface area contributed by atoms with Gasteiger partial charge in [-0.3, -0.25) is 14.4 Å². The highest BCUT2D eigenvalue weighted by Crippen LogP contribution is 2.65. The number of nitrogens with zero attached hydrogens (tertiary/aromatic N) is 3. The maximum absolute atomic E-state index is 14.5. The lowest BCUT2D eigenvalue weighted by Crippen LogP contribution is -2.53. The van der Waals surface area contributed by atoms with E-state index < -0.39 is 27.4 Å². The van der Waals surface area contributed by atoms with Gasteiger partial charge in [0.05, 0.1) is 27.3 Å². The first-order valence-corrected chi connectivity index (χ1v) is 15.3. The Kier molecular flexibility index (Phi) is 8.18. The molecule has 4 aliphatic rings. The van der Waals surface area contributed by atoms with Crippen molar-refractivity contribution in [3.05, 3.63) is 53.6 Å². The fourth-order valence-electron chi connectivity index (χ4n) is 6.92. The molecule has 1 aromatic rings. The molecule has 0 saturated carbocycles. The average molecular weight is 572 g/mol. The molecule has 1 spiro atoms. The molecule has 39 heavy (non-hydrogen) atoms. The van der Waals surface area contributed by atoms with E-state index in [1.54, 1.807) is 27.6 Å². The Balaban J connectivity index is 1.58. The second-order valence-corrected chi connectivity index (χ2v) is 13.4. The normalized spacial score (nSPS) is 31.8. The summed E-state index contributed by atoms with van der Waals surface area (Å²) in [6, 6.07) is 6.56. The molecule has 5 rings (SSSR count). The van der Waals surface area contributed by atoms with E-state index in [9.17, 15) is 19.5 Å². The Morgan fingerprint density at radius 2 is 1.69 bits per heavy atom. The molecule has 4 aliphatic heterocycles. The van der Waals surface area contributed by atoms with Crippen molar-refractivity contribution in [3.8, 4) is 0 Å². The lowest BCUT2D eigenvalue weighted by atomic mass is 9.74. The maximum Gasteiger partial charge on any atom is 0.251 e. The first-order chi connectivity index (χ1) is 18.8. The van der Waals surface area contributed by atoms with Crippen LogP contribution < -0.4 is 4.90 Å². The number of hydrogen-bond donors (Lipinski definition) is 1. The van der Waals surface area contributed by atoms with Gasteiger partial charge in [-0.25, -0.2) is 0 Å². The zero-order valence-corrected chi connectivity index (χ0v) is 24.3. The highest BCUT2D eigenvalue weighted by atomic mass is 35.5. The van der Waals surface area contributed by atoms with Crippen molar-refractivity contribution in [2.24, 2.45) is 11.8 Å². The van der Waals surface area contributed by atoms with E-state index in [0.29, 0.717) is 36.9 Å². The monoisotopic (exact) mass is 571 g/mol. The molecule has 0 aromatic heterocycles. The summed E-state index contributed by atoms with van der Waals surface area (Å²) in [6.07, 6.45) is 12.2.